The number of hydrogen-bond acceptors (Lipinski definition) is 4. The molecule has 10 heteroatoms. The van der Waals surface area contributed by atoms with Crippen LogP contribution in [0, 0.1) is 17.6 Å². The summed E-state index contributed by atoms with van der Waals surface area (Å²) in [6, 6.07) is 15.7. The zero-order chi connectivity index (χ0) is 35.8. The Morgan fingerprint density at radius 2 is 1.48 bits per heavy atom. The van der Waals surface area contributed by atoms with E-state index in [1.165, 1.54) is 86.7 Å². The average Bonchev–Trinajstić information content (AvgIpc) is 3.14. The second-order valence-corrected chi connectivity index (χ2v) is 14.4. The Bertz CT molecular complexity index is 1840. The summed E-state index contributed by atoms with van der Waals surface area (Å²) in [5.74, 6) is 0.0441. The van der Waals surface area contributed by atoms with Gasteiger partial charge < -0.3 is 40.4 Å². The average molecular weight is 781 g/mol. The van der Waals surface area contributed by atoms with Gasteiger partial charge in [-0.25, -0.2) is 8.78 Å². The Kier molecular flexibility index (Phi) is 13.9. The molecule has 1 aromatic heterocycles. The first kappa shape index (κ1) is 39.4. The maximum Gasteiger partial charge on any atom is 0.263 e. The van der Waals surface area contributed by atoms with E-state index >= 15 is 0 Å². The number of quaternary nitrogens is 1. The summed E-state index contributed by atoms with van der Waals surface area (Å²) in [6.07, 6.45) is 13.8. The SMILES string of the molecule is CCCOc1cccc(-n2cc(C(=O)N(CC)c3cc(F)cc(F)c3)c(=O)c3ccc(OCCCCCCCC[N+]45CCC(CC4)CC5)cc32)c1.[Br-]. The zero-order valence-corrected chi connectivity index (χ0v) is 32.1. The van der Waals surface area contributed by atoms with Gasteiger partial charge in [0.15, 0.2) is 0 Å². The molecule has 0 atom stereocenters. The Morgan fingerprint density at radius 1 is 0.827 bits per heavy atom. The number of carbonyl (C=O) groups excluding carboxylic acids is 1. The molecule has 280 valence electrons. The first-order valence-electron chi connectivity index (χ1n) is 19.0. The van der Waals surface area contributed by atoms with Crippen LogP contribution < -0.4 is 36.8 Å². The van der Waals surface area contributed by atoms with Crippen molar-refractivity contribution in [3.8, 4) is 17.2 Å². The molecule has 3 saturated heterocycles. The maximum atomic E-state index is 14.1. The molecule has 2 bridgehead atoms. The van der Waals surface area contributed by atoms with Gasteiger partial charge in [-0.15, -0.1) is 0 Å². The van der Waals surface area contributed by atoms with Gasteiger partial charge >= 0.3 is 0 Å². The number of fused-ring (bicyclic) bond motifs is 4. The van der Waals surface area contributed by atoms with E-state index in [2.05, 4.69) is 0 Å². The first-order chi connectivity index (χ1) is 24.8. The molecule has 3 aromatic carbocycles. The van der Waals surface area contributed by atoms with E-state index < -0.39 is 23.0 Å². The van der Waals surface area contributed by atoms with Crippen LogP contribution in [-0.2, 0) is 0 Å². The van der Waals surface area contributed by atoms with Crippen molar-refractivity contribution in [3.63, 3.8) is 0 Å². The molecule has 3 aliphatic rings. The predicted molar refractivity (Wildman–Crippen MR) is 199 cm³/mol. The minimum Gasteiger partial charge on any atom is -1.00 e. The smallest absolute Gasteiger partial charge is 0.263 e. The molecule has 0 radical (unpaired) electrons. The number of amides is 1. The van der Waals surface area contributed by atoms with Gasteiger partial charge in [-0.1, -0.05) is 32.3 Å². The lowest BCUT2D eigenvalue weighted by atomic mass is 9.85. The van der Waals surface area contributed by atoms with Crippen LogP contribution in [0.3, 0.4) is 0 Å². The van der Waals surface area contributed by atoms with Gasteiger partial charge in [0, 0.05) is 47.7 Å². The number of piperidine rings is 3. The fourth-order valence-electron chi connectivity index (χ4n) is 7.91. The van der Waals surface area contributed by atoms with Gasteiger partial charge in [-0.2, -0.15) is 0 Å². The number of anilines is 1. The second-order valence-electron chi connectivity index (χ2n) is 14.4. The molecular formula is C42H52BrF2N3O4. The lowest BCUT2D eigenvalue weighted by Gasteiger charge is -2.49. The highest BCUT2D eigenvalue weighted by Gasteiger charge is 2.38. The summed E-state index contributed by atoms with van der Waals surface area (Å²) in [5.41, 5.74) is 0.711. The van der Waals surface area contributed by atoms with Crippen LogP contribution in [0.15, 0.2) is 71.7 Å². The number of halogens is 3. The minimum absolute atomic E-state index is 0. The number of unbranched alkanes of at least 4 members (excludes halogenated alkanes) is 5. The third-order valence-corrected chi connectivity index (χ3v) is 10.8. The highest BCUT2D eigenvalue weighted by molar-refractivity contribution is 6.07. The Balaban J connectivity index is 0.00000523. The number of carbonyl (C=O) groups is 1. The maximum absolute atomic E-state index is 14.1. The Hall–Kier alpha value is -3.76. The summed E-state index contributed by atoms with van der Waals surface area (Å²) in [5, 5.41) is 0.328. The number of pyridine rings is 1. The van der Waals surface area contributed by atoms with Crippen molar-refractivity contribution in [1.82, 2.24) is 4.57 Å². The molecule has 3 fully saturated rings. The molecular weight excluding hydrogens is 728 g/mol. The molecule has 0 saturated carbocycles. The van der Waals surface area contributed by atoms with Crippen LogP contribution in [0.4, 0.5) is 14.5 Å². The van der Waals surface area contributed by atoms with Crippen LogP contribution >= 0.6 is 0 Å². The fraction of sp³-hybridized carbons (Fsp3) is 0.476. The van der Waals surface area contributed by atoms with E-state index in [0.29, 0.717) is 41.3 Å². The lowest BCUT2D eigenvalue weighted by molar-refractivity contribution is -0.942. The number of hydrogen-bond donors (Lipinski definition) is 0. The van der Waals surface area contributed by atoms with Gasteiger partial charge in [-0.05, 0) is 94.2 Å². The van der Waals surface area contributed by atoms with Crippen molar-refractivity contribution >= 4 is 22.5 Å². The minimum atomic E-state index is -0.806. The summed E-state index contributed by atoms with van der Waals surface area (Å²) < 4.78 is 43.5. The third-order valence-electron chi connectivity index (χ3n) is 10.8. The van der Waals surface area contributed by atoms with Crippen molar-refractivity contribution in [2.75, 3.05) is 50.8 Å². The molecule has 1 amide bonds. The van der Waals surface area contributed by atoms with Crippen molar-refractivity contribution in [2.45, 2.75) is 78.1 Å². The highest BCUT2D eigenvalue weighted by atomic mass is 79.9. The fourth-order valence-corrected chi connectivity index (χ4v) is 7.91. The number of rotatable bonds is 17. The predicted octanol–water partition coefficient (Wildman–Crippen LogP) is 6.08. The van der Waals surface area contributed by atoms with Crippen molar-refractivity contribution in [3.05, 3.63) is 94.3 Å². The summed E-state index contributed by atoms with van der Waals surface area (Å²) in [6.45, 7) is 10.5. The van der Waals surface area contributed by atoms with Gasteiger partial charge in [0.2, 0.25) is 5.43 Å². The van der Waals surface area contributed by atoms with Gasteiger partial charge in [0.1, 0.15) is 28.7 Å². The molecule has 4 aromatic rings. The van der Waals surface area contributed by atoms with E-state index in [0.717, 1.165) is 43.4 Å². The van der Waals surface area contributed by atoms with E-state index in [1.54, 1.807) is 23.6 Å². The summed E-state index contributed by atoms with van der Waals surface area (Å²) >= 11 is 0. The largest absolute Gasteiger partial charge is 1.00 e. The number of aromatic nitrogens is 1. The van der Waals surface area contributed by atoms with E-state index in [1.807, 2.05) is 37.3 Å². The van der Waals surface area contributed by atoms with Crippen LogP contribution in [0.25, 0.3) is 16.6 Å². The van der Waals surface area contributed by atoms with Crippen molar-refractivity contribution in [2.24, 2.45) is 5.92 Å². The van der Waals surface area contributed by atoms with E-state index in [4.69, 9.17) is 9.47 Å². The Morgan fingerprint density at radius 3 is 2.17 bits per heavy atom. The molecule has 0 N–H and O–H groups in total. The van der Waals surface area contributed by atoms with Gasteiger partial charge in [0.05, 0.1) is 44.9 Å². The standard InChI is InChI=1S/C42H52F2N3O4.BrH/c1-3-23-50-36-13-11-12-34(28-36)46-30-39(42(49)45(4-2)35-26-32(43)25-33(44)27-35)41(48)38-15-14-37(29-40(38)46)51-24-10-8-6-5-7-9-19-47-20-16-31(17-21-47)18-22-47;/h11-15,25-31H,3-10,16-24H2,1-2H3;1H/q+1;/p-1. The van der Waals surface area contributed by atoms with Crippen LogP contribution in [0.1, 0.15) is 88.4 Å². The lowest BCUT2D eigenvalue weighted by Crippen LogP contribution is -3.00. The van der Waals surface area contributed by atoms with Crippen LogP contribution in [0.5, 0.6) is 11.5 Å². The van der Waals surface area contributed by atoms with Gasteiger partial charge in [0.25, 0.3) is 5.91 Å². The molecule has 3 aliphatic heterocycles. The van der Waals surface area contributed by atoms with Crippen molar-refractivity contribution < 1.29 is 44.5 Å². The molecule has 52 heavy (non-hydrogen) atoms. The monoisotopic (exact) mass is 779 g/mol. The second kappa shape index (κ2) is 18.3. The molecule has 7 nitrogen and oxygen atoms in total. The number of benzene rings is 3. The van der Waals surface area contributed by atoms with Crippen molar-refractivity contribution in [1.29, 1.82) is 0 Å². The summed E-state index contributed by atoms with van der Waals surface area (Å²) in [7, 11) is 0. The molecule has 0 unspecified atom stereocenters. The number of ether oxygens (including phenoxy) is 2. The van der Waals surface area contributed by atoms with E-state index in [-0.39, 0.29) is 34.8 Å². The summed E-state index contributed by atoms with van der Waals surface area (Å²) in [4.78, 5) is 29.0. The molecule has 0 spiro atoms. The molecule has 7 rings (SSSR count). The number of nitrogens with zero attached hydrogens (tertiary/aromatic N) is 3. The van der Waals surface area contributed by atoms with E-state index in [9.17, 15) is 18.4 Å². The molecule has 4 heterocycles. The normalized spacial score (nSPS) is 17.9. The molecule has 0 aliphatic carbocycles. The topological polar surface area (TPSA) is 60.8 Å². The van der Waals surface area contributed by atoms with Gasteiger partial charge in [-0.3, -0.25) is 9.59 Å². The Labute approximate surface area is 316 Å². The van der Waals surface area contributed by atoms with Crippen LogP contribution in [0.2, 0.25) is 0 Å². The highest BCUT2D eigenvalue weighted by Crippen LogP contribution is 2.34. The zero-order valence-electron chi connectivity index (χ0n) is 30.6. The van der Waals surface area contributed by atoms with Crippen LogP contribution in [-0.4, -0.2) is 60.9 Å². The first-order valence-corrected chi connectivity index (χ1v) is 19.0. The third kappa shape index (κ3) is 9.42. The quantitative estimate of drug-likeness (QED) is 0.0965.